The van der Waals surface area contributed by atoms with E-state index < -0.39 is 0 Å². The molecule has 0 aliphatic heterocycles. The Morgan fingerprint density at radius 3 is 2.56 bits per heavy atom. The zero-order valence-corrected chi connectivity index (χ0v) is 10.9. The molecular weight excluding hydrogens is 200 g/mol. The molecule has 0 amide bonds. The molecule has 0 aliphatic carbocycles. The van der Waals surface area contributed by atoms with Crippen molar-refractivity contribution in [2.45, 2.75) is 27.7 Å². The van der Waals surface area contributed by atoms with Crippen LogP contribution in [0.25, 0.3) is 0 Å². The Hall–Kier alpha value is -1.32. The smallest absolute Gasteiger partial charge is 0.133 e. The van der Waals surface area contributed by atoms with E-state index in [0.29, 0.717) is 0 Å². The quantitative estimate of drug-likeness (QED) is 0.849. The molecular formula is C12H22N4. The molecule has 0 fully saturated rings. The molecule has 0 saturated heterocycles. The zero-order valence-electron chi connectivity index (χ0n) is 10.9. The molecule has 0 saturated carbocycles. The number of nitrogens with one attached hydrogen (secondary N) is 1. The van der Waals surface area contributed by atoms with E-state index in [-0.39, 0.29) is 5.41 Å². The van der Waals surface area contributed by atoms with Gasteiger partial charge in [-0.3, -0.25) is 0 Å². The molecule has 0 aliphatic rings. The van der Waals surface area contributed by atoms with Gasteiger partial charge in [-0.1, -0.05) is 20.8 Å². The Labute approximate surface area is 98.1 Å². The van der Waals surface area contributed by atoms with Gasteiger partial charge < -0.3 is 10.2 Å². The molecule has 1 aromatic heterocycles. The fourth-order valence-corrected chi connectivity index (χ4v) is 1.63. The van der Waals surface area contributed by atoms with Gasteiger partial charge in [0.2, 0.25) is 0 Å². The van der Waals surface area contributed by atoms with Crippen molar-refractivity contribution in [1.82, 2.24) is 9.97 Å². The highest BCUT2D eigenvalue weighted by molar-refractivity contribution is 5.47. The molecule has 1 aromatic rings. The average molecular weight is 222 g/mol. The zero-order chi connectivity index (χ0) is 12.2. The minimum atomic E-state index is 0.262. The second kappa shape index (κ2) is 5.14. The van der Waals surface area contributed by atoms with Gasteiger partial charge in [-0.15, -0.1) is 0 Å². The highest BCUT2D eigenvalue weighted by atomic mass is 15.2. The number of anilines is 2. The molecule has 0 spiro atoms. The Bertz CT molecular complexity index is 330. The molecule has 1 heterocycles. The van der Waals surface area contributed by atoms with Gasteiger partial charge in [0.1, 0.15) is 18.0 Å². The Balaban J connectivity index is 2.75. The second-order valence-electron chi connectivity index (χ2n) is 5.21. The summed E-state index contributed by atoms with van der Waals surface area (Å²) in [6, 6.07) is 1.98. The number of hydrogen-bond acceptors (Lipinski definition) is 4. The van der Waals surface area contributed by atoms with E-state index in [4.69, 9.17) is 0 Å². The van der Waals surface area contributed by atoms with E-state index in [2.05, 4.69) is 54.9 Å². The van der Waals surface area contributed by atoms with Crippen molar-refractivity contribution >= 4 is 11.6 Å². The summed E-state index contributed by atoms with van der Waals surface area (Å²) in [6.45, 7) is 10.6. The summed E-state index contributed by atoms with van der Waals surface area (Å²) in [4.78, 5) is 10.6. The Morgan fingerprint density at radius 1 is 1.31 bits per heavy atom. The Kier molecular flexibility index (Phi) is 4.10. The molecule has 0 bridgehead atoms. The van der Waals surface area contributed by atoms with E-state index in [1.165, 1.54) is 0 Å². The molecule has 4 heteroatoms. The van der Waals surface area contributed by atoms with Crippen LogP contribution in [0.4, 0.5) is 11.6 Å². The number of nitrogens with zero attached hydrogens (tertiary/aromatic N) is 3. The van der Waals surface area contributed by atoms with Gasteiger partial charge in [0.05, 0.1) is 0 Å². The molecule has 1 rings (SSSR count). The maximum absolute atomic E-state index is 4.28. The highest BCUT2D eigenvalue weighted by Crippen LogP contribution is 2.19. The van der Waals surface area contributed by atoms with E-state index >= 15 is 0 Å². The molecule has 4 nitrogen and oxygen atoms in total. The second-order valence-corrected chi connectivity index (χ2v) is 5.21. The SMILES string of the molecule is CCNc1cc(N(C)CC(C)(C)C)ncn1. The van der Waals surface area contributed by atoms with Gasteiger partial charge in [-0.05, 0) is 12.3 Å². The average Bonchev–Trinajstić information content (AvgIpc) is 2.16. The minimum absolute atomic E-state index is 0.262. The van der Waals surface area contributed by atoms with Crippen molar-refractivity contribution in [3.63, 3.8) is 0 Å². The third-order valence-electron chi connectivity index (χ3n) is 2.11. The lowest BCUT2D eigenvalue weighted by Gasteiger charge is -2.27. The van der Waals surface area contributed by atoms with E-state index in [0.717, 1.165) is 24.7 Å². The van der Waals surface area contributed by atoms with Crippen LogP contribution in [0.5, 0.6) is 0 Å². The summed E-state index contributed by atoms with van der Waals surface area (Å²) in [5.74, 6) is 1.84. The molecule has 90 valence electrons. The van der Waals surface area contributed by atoms with Crippen LogP contribution < -0.4 is 10.2 Å². The predicted molar refractivity (Wildman–Crippen MR) is 68.9 cm³/mol. The largest absolute Gasteiger partial charge is 0.370 e. The number of hydrogen-bond donors (Lipinski definition) is 1. The van der Waals surface area contributed by atoms with Crippen molar-refractivity contribution in [3.8, 4) is 0 Å². The summed E-state index contributed by atoms with van der Waals surface area (Å²) >= 11 is 0. The van der Waals surface area contributed by atoms with Crippen LogP contribution in [0.15, 0.2) is 12.4 Å². The van der Waals surface area contributed by atoms with Crippen LogP contribution in [0.2, 0.25) is 0 Å². The van der Waals surface area contributed by atoms with Crippen molar-refractivity contribution < 1.29 is 0 Å². The van der Waals surface area contributed by atoms with E-state index in [9.17, 15) is 0 Å². The molecule has 1 N–H and O–H groups in total. The lowest BCUT2D eigenvalue weighted by atomic mass is 9.96. The lowest BCUT2D eigenvalue weighted by molar-refractivity contribution is 0.418. The fourth-order valence-electron chi connectivity index (χ4n) is 1.63. The highest BCUT2D eigenvalue weighted by Gasteiger charge is 2.14. The standard InChI is InChI=1S/C12H22N4/c1-6-13-10-7-11(15-9-14-10)16(5)8-12(2,3)4/h7,9H,6,8H2,1-5H3,(H,13,14,15). The number of rotatable bonds is 4. The summed E-state index contributed by atoms with van der Waals surface area (Å²) in [7, 11) is 2.06. The number of aromatic nitrogens is 2. The van der Waals surface area contributed by atoms with Crippen LogP contribution in [-0.2, 0) is 0 Å². The van der Waals surface area contributed by atoms with Crippen molar-refractivity contribution in [3.05, 3.63) is 12.4 Å². The van der Waals surface area contributed by atoms with E-state index in [1.54, 1.807) is 6.33 Å². The summed E-state index contributed by atoms with van der Waals surface area (Å²) in [6.07, 6.45) is 1.60. The van der Waals surface area contributed by atoms with Crippen molar-refractivity contribution in [1.29, 1.82) is 0 Å². The van der Waals surface area contributed by atoms with Gasteiger partial charge >= 0.3 is 0 Å². The monoisotopic (exact) mass is 222 g/mol. The first kappa shape index (κ1) is 12.7. The maximum atomic E-state index is 4.28. The maximum Gasteiger partial charge on any atom is 0.133 e. The third kappa shape index (κ3) is 4.04. The minimum Gasteiger partial charge on any atom is -0.370 e. The van der Waals surface area contributed by atoms with Crippen molar-refractivity contribution in [2.24, 2.45) is 5.41 Å². The molecule has 0 unspecified atom stereocenters. The van der Waals surface area contributed by atoms with Gasteiger partial charge in [-0.2, -0.15) is 0 Å². The molecule has 16 heavy (non-hydrogen) atoms. The lowest BCUT2D eigenvalue weighted by Crippen LogP contribution is -2.29. The predicted octanol–water partition coefficient (Wildman–Crippen LogP) is 2.39. The normalized spacial score (nSPS) is 11.3. The first-order valence-corrected chi connectivity index (χ1v) is 5.69. The van der Waals surface area contributed by atoms with Gasteiger partial charge in [0.25, 0.3) is 0 Å². The van der Waals surface area contributed by atoms with E-state index in [1.807, 2.05) is 6.07 Å². The van der Waals surface area contributed by atoms with Crippen LogP contribution in [-0.4, -0.2) is 30.1 Å². The van der Waals surface area contributed by atoms with Crippen LogP contribution in [0.1, 0.15) is 27.7 Å². The summed E-state index contributed by atoms with van der Waals surface area (Å²) in [5, 5.41) is 3.19. The summed E-state index contributed by atoms with van der Waals surface area (Å²) < 4.78 is 0. The molecule has 0 atom stereocenters. The summed E-state index contributed by atoms with van der Waals surface area (Å²) in [5.41, 5.74) is 0.262. The first-order chi connectivity index (χ1) is 7.42. The van der Waals surface area contributed by atoms with Crippen LogP contribution >= 0.6 is 0 Å². The van der Waals surface area contributed by atoms with Gasteiger partial charge in [0, 0.05) is 26.2 Å². The van der Waals surface area contributed by atoms with Crippen LogP contribution in [0.3, 0.4) is 0 Å². The van der Waals surface area contributed by atoms with Gasteiger partial charge in [0.15, 0.2) is 0 Å². The third-order valence-corrected chi connectivity index (χ3v) is 2.11. The molecule has 0 radical (unpaired) electrons. The van der Waals surface area contributed by atoms with Gasteiger partial charge in [-0.25, -0.2) is 9.97 Å². The van der Waals surface area contributed by atoms with Crippen molar-refractivity contribution in [2.75, 3.05) is 30.4 Å². The fraction of sp³-hybridized carbons (Fsp3) is 0.667. The first-order valence-electron chi connectivity index (χ1n) is 5.69. The topological polar surface area (TPSA) is 41.0 Å². The van der Waals surface area contributed by atoms with Crippen LogP contribution in [0, 0.1) is 5.41 Å². The molecule has 0 aromatic carbocycles. The Morgan fingerprint density at radius 2 is 2.00 bits per heavy atom.